The van der Waals surface area contributed by atoms with Gasteiger partial charge in [-0.1, -0.05) is 16.5 Å². The second-order valence-corrected chi connectivity index (χ2v) is 4.48. The lowest BCUT2D eigenvalue weighted by Gasteiger charge is -2.02. The summed E-state index contributed by atoms with van der Waals surface area (Å²) in [5.74, 6) is 0.526. The predicted molar refractivity (Wildman–Crippen MR) is 63.1 cm³/mol. The maximum atomic E-state index is 10.6. The Morgan fingerprint density at radius 3 is 3.06 bits per heavy atom. The molecule has 1 unspecified atom stereocenters. The van der Waals surface area contributed by atoms with Crippen molar-refractivity contribution in [2.45, 2.75) is 6.04 Å². The molecule has 2 N–H and O–H groups in total. The zero-order valence-electron chi connectivity index (χ0n) is 9.40. The Morgan fingerprint density at radius 2 is 2.44 bits per heavy atom. The zero-order valence-corrected chi connectivity index (χ0v) is 10.2. The summed E-state index contributed by atoms with van der Waals surface area (Å²) in [6.07, 6.45) is 0. The van der Waals surface area contributed by atoms with Crippen LogP contribution in [-0.2, 0) is 4.74 Å². The Bertz CT molecular complexity index is 552. The number of ether oxygens (including phenoxy) is 1. The fraction of sp³-hybridized carbons (Fsp3) is 0.333. The first kappa shape index (κ1) is 12.6. The lowest BCUT2D eigenvalue weighted by molar-refractivity contribution is -0.380. The topological polar surface area (TPSA) is 117 Å². The highest BCUT2D eigenvalue weighted by atomic mass is 32.1. The predicted octanol–water partition coefficient (Wildman–Crippen LogP) is 1.35. The molecule has 0 aliphatic carbocycles. The second kappa shape index (κ2) is 5.21. The van der Waals surface area contributed by atoms with Gasteiger partial charge in [0.1, 0.15) is 0 Å². The first-order valence-corrected chi connectivity index (χ1v) is 5.76. The number of methoxy groups -OCH3 is 1. The highest BCUT2D eigenvalue weighted by Gasteiger charge is 2.18. The molecule has 0 aromatic carbocycles. The van der Waals surface area contributed by atoms with Crippen LogP contribution in [0.3, 0.4) is 0 Å². The lowest BCUT2D eigenvalue weighted by atomic mass is 10.3. The first-order valence-electron chi connectivity index (χ1n) is 4.94. The van der Waals surface area contributed by atoms with E-state index >= 15 is 0 Å². The molecule has 0 saturated heterocycles. The molecule has 0 aliphatic heterocycles. The number of nitro groups is 1. The third kappa shape index (κ3) is 2.53. The third-order valence-corrected chi connectivity index (χ3v) is 3.13. The number of nitrogens with zero attached hydrogens (tertiary/aromatic N) is 3. The van der Waals surface area contributed by atoms with Gasteiger partial charge in [0.2, 0.25) is 0 Å². The van der Waals surface area contributed by atoms with Gasteiger partial charge in [-0.15, -0.1) is 0 Å². The normalized spacial score (nSPS) is 12.6. The van der Waals surface area contributed by atoms with Crippen LogP contribution in [0, 0.1) is 10.1 Å². The van der Waals surface area contributed by atoms with E-state index in [4.69, 9.17) is 15.0 Å². The molecule has 0 fully saturated rings. The summed E-state index contributed by atoms with van der Waals surface area (Å²) in [6, 6.07) is 2.46. The molecule has 2 aromatic rings. The number of aromatic nitrogens is 2. The molecular weight excluding hydrogens is 260 g/mol. The van der Waals surface area contributed by atoms with Crippen LogP contribution in [0.25, 0.3) is 10.8 Å². The van der Waals surface area contributed by atoms with Crippen LogP contribution >= 0.6 is 11.3 Å². The molecule has 2 aromatic heterocycles. The van der Waals surface area contributed by atoms with Crippen molar-refractivity contribution in [1.29, 1.82) is 0 Å². The van der Waals surface area contributed by atoms with Crippen LogP contribution in [0.4, 0.5) is 5.00 Å². The standard InChI is InChI=1S/C9H10N4O4S/c1-16-4-5(10)8-11-9(17-12-8)6-2-3-7(18-6)13(14)15/h2-3,5H,4,10H2,1H3. The van der Waals surface area contributed by atoms with E-state index in [0.29, 0.717) is 10.7 Å². The molecule has 0 saturated carbocycles. The van der Waals surface area contributed by atoms with Crippen molar-refractivity contribution >= 4 is 16.3 Å². The molecule has 18 heavy (non-hydrogen) atoms. The van der Waals surface area contributed by atoms with E-state index in [9.17, 15) is 10.1 Å². The fourth-order valence-electron chi connectivity index (χ4n) is 1.28. The Labute approximate surface area is 106 Å². The number of nitrogens with two attached hydrogens (primary N) is 1. The lowest BCUT2D eigenvalue weighted by Crippen LogP contribution is -2.17. The van der Waals surface area contributed by atoms with E-state index < -0.39 is 11.0 Å². The fourth-order valence-corrected chi connectivity index (χ4v) is 2.02. The minimum atomic E-state index is -0.484. The Kier molecular flexibility index (Phi) is 3.65. The number of rotatable bonds is 5. The molecule has 0 radical (unpaired) electrons. The van der Waals surface area contributed by atoms with Gasteiger partial charge in [-0.05, 0) is 6.07 Å². The SMILES string of the molecule is COCC(N)c1noc(-c2ccc([N+](=O)[O-])s2)n1. The molecule has 0 amide bonds. The van der Waals surface area contributed by atoms with E-state index in [-0.39, 0.29) is 17.5 Å². The Balaban J connectivity index is 2.20. The largest absolute Gasteiger partial charge is 0.383 e. The van der Waals surface area contributed by atoms with Crippen molar-refractivity contribution in [2.75, 3.05) is 13.7 Å². The van der Waals surface area contributed by atoms with Crippen LogP contribution in [0.15, 0.2) is 16.7 Å². The van der Waals surface area contributed by atoms with Gasteiger partial charge in [0.15, 0.2) is 5.82 Å². The van der Waals surface area contributed by atoms with E-state index in [0.717, 1.165) is 11.3 Å². The first-order chi connectivity index (χ1) is 8.61. The summed E-state index contributed by atoms with van der Waals surface area (Å²) < 4.78 is 9.88. The minimum absolute atomic E-state index is 0.0194. The summed E-state index contributed by atoms with van der Waals surface area (Å²) >= 11 is 0.965. The molecule has 2 rings (SSSR count). The second-order valence-electron chi connectivity index (χ2n) is 3.41. The average Bonchev–Trinajstić information content (AvgIpc) is 2.98. The van der Waals surface area contributed by atoms with Gasteiger partial charge in [0.05, 0.1) is 22.4 Å². The molecule has 0 spiro atoms. The summed E-state index contributed by atoms with van der Waals surface area (Å²) in [4.78, 5) is 14.7. The van der Waals surface area contributed by atoms with Crippen molar-refractivity contribution in [3.8, 4) is 10.8 Å². The third-order valence-electron chi connectivity index (χ3n) is 2.10. The van der Waals surface area contributed by atoms with Crippen molar-refractivity contribution in [2.24, 2.45) is 5.73 Å². The van der Waals surface area contributed by atoms with E-state index in [1.807, 2.05) is 0 Å². The summed E-state index contributed by atoms with van der Waals surface area (Å²) in [6.45, 7) is 0.267. The van der Waals surface area contributed by atoms with Gasteiger partial charge in [-0.25, -0.2) is 0 Å². The number of hydrogen-bond acceptors (Lipinski definition) is 8. The Hall–Kier alpha value is -1.84. The van der Waals surface area contributed by atoms with Crippen molar-refractivity contribution in [3.63, 3.8) is 0 Å². The Morgan fingerprint density at radius 1 is 1.67 bits per heavy atom. The maximum Gasteiger partial charge on any atom is 0.324 e. The van der Waals surface area contributed by atoms with Gasteiger partial charge in [0.25, 0.3) is 5.89 Å². The van der Waals surface area contributed by atoms with Crippen LogP contribution in [0.2, 0.25) is 0 Å². The summed E-state index contributed by atoms with van der Waals surface area (Å²) in [7, 11) is 1.52. The molecule has 9 heteroatoms. The molecular formula is C9H10N4O4S. The molecule has 8 nitrogen and oxygen atoms in total. The van der Waals surface area contributed by atoms with Gasteiger partial charge in [-0.3, -0.25) is 10.1 Å². The van der Waals surface area contributed by atoms with Gasteiger partial charge in [0, 0.05) is 13.2 Å². The van der Waals surface area contributed by atoms with Crippen molar-refractivity contribution in [3.05, 3.63) is 28.1 Å². The number of hydrogen-bond donors (Lipinski definition) is 1. The quantitative estimate of drug-likeness (QED) is 0.643. The highest BCUT2D eigenvalue weighted by molar-refractivity contribution is 7.18. The molecule has 2 heterocycles. The van der Waals surface area contributed by atoms with Crippen LogP contribution in [0.5, 0.6) is 0 Å². The minimum Gasteiger partial charge on any atom is -0.383 e. The smallest absolute Gasteiger partial charge is 0.324 e. The van der Waals surface area contributed by atoms with Crippen LogP contribution in [0.1, 0.15) is 11.9 Å². The molecule has 96 valence electrons. The molecule has 0 bridgehead atoms. The number of thiophene rings is 1. The summed E-state index contributed by atoms with van der Waals surface area (Å²) in [5.41, 5.74) is 5.74. The van der Waals surface area contributed by atoms with Crippen LogP contribution < -0.4 is 5.73 Å². The van der Waals surface area contributed by atoms with Gasteiger partial charge >= 0.3 is 5.00 Å². The zero-order chi connectivity index (χ0) is 13.1. The average molecular weight is 270 g/mol. The molecule has 1 atom stereocenters. The summed E-state index contributed by atoms with van der Waals surface area (Å²) in [5, 5.41) is 14.3. The van der Waals surface area contributed by atoms with E-state index in [1.54, 1.807) is 6.07 Å². The van der Waals surface area contributed by atoms with Gasteiger partial charge in [-0.2, -0.15) is 4.98 Å². The maximum absolute atomic E-state index is 10.6. The van der Waals surface area contributed by atoms with E-state index in [1.165, 1.54) is 13.2 Å². The molecule has 0 aliphatic rings. The van der Waals surface area contributed by atoms with Crippen molar-refractivity contribution < 1.29 is 14.2 Å². The highest BCUT2D eigenvalue weighted by Crippen LogP contribution is 2.31. The van der Waals surface area contributed by atoms with Crippen LogP contribution in [-0.4, -0.2) is 28.8 Å². The van der Waals surface area contributed by atoms with E-state index in [2.05, 4.69) is 10.1 Å². The van der Waals surface area contributed by atoms with Crippen molar-refractivity contribution in [1.82, 2.24) is 10.1 Å². The van der Waals surface area contributed by atoms with Gasteiger partial charge < -0.3 is 15.0 Å². The monoisotopic (exact) mass is 270 g/mol.